The van der Waals surface area contributed by atoms with Crippen LogP contribution in [-0.2, 0) is 19.2 Å². The maximum Gasteiger partial charge on any atom is 0.326 e. The van der Waals surface area contributed by atoms with Crippen LogP contribution in [0.2, 0.25) is 0 Å². The summed E-state index contributed by atoms with van der Waals surface area (Å²) >= 11 is 1.48. The third-order valence-electron chi connectivity index (χ3n) is 4.59. The van der Waals surface area contributed by atoms with Gasteiger partial charge in [0.15, 0.2) is 0 Å². The van der Waals surface area contributed by atoms with Gasteiger partial charge >= 0.3 is 5.97 Å². The van der Waals surface area contributed by atoms with E-state index in [1.807, 2.05) is 6.26 Å². The first-order valence-corrected chi connectivity index (χ1v) is 11.7. The van der Waals surface area contributed by atoms with Gasteiger partial charge in [-0.2, -0.15) is 11.8 Å². The number of unbranched alkanes of at least 4 members (excludes halogenated alkanes) is 1. The number of rotatable bonds is 16. The second-order valence-corrected chi connectivity index (χ2v) is 8.53. The molecule has 0 bridgehead atoms. The first-order chi connectivity index (χ1) is 14.6. The number of carbonyl (C=O) groups excluding carboxylic acids is 3. The van der Waals surface area contributed by atoms with Crippen LogP contribution in [0.4, 0.5) is 0 Å². The van der Waals surface area contributed by atoms with Gasteiger partial charge in [-0.3, -0.25) is 14.4 Å². The summed E-state index contributed by atoms with van der Waals surface area (Å²) < 4.78 is 0. The van der Waals surface area contributed by atoms with E-state index in [9.17, 15) is 24.3 Å². The van der Waals surface area contributed by atoms with Crippen LogP contribution < -0.4 is 27.4 Å². The van der Waals surface area contributed by atoms with Crippen molar-refractivity contribution >= 4 is 35.5 Å². The van der Waals surface area contributed by atoms with E-state index >= 15 is 0 Å². The molecule has 3 amide bonds. The second-order valence-electron chi connectivity index (χ2n) is 7.55. The molecule has 0 radical (unpaired) electrons. The van der Waals surface area contributed by atoms with Crippen molar-refractivity contribution in [3.05, 3.63) is 0 Å². The van der Waals surface area contributed by atoms with E-state index in [0.717, 1.165) is 0 Å². The molecule has 0 saturated heterocycles. The molecule has 31 heavy (non-hydrogen) atoms. The zero-order valence-corrected chi connectivity index (χ0v) is 19.2. The molecule has 11 nitrogen and oxygen atoms in total. The highest BCUT2D eigenvalue weighted by Crippen LogP contribution is 2.08. The van der Waals surface area contributed by atoms with Crippen LogP contribution in [0.1, 0.15) is 39.5 Å². The molecule has 4 unspecified atom stereocenters. The highest BCUT2D eigenvalue weighted by Gasteiger charge is 2.30. The number of nitrogens with two attached hydrogens (primary N) is 2. The van der Waals surface area contributed by atoms with Gasteiger partial charge in [0.05, 0.1) is 6.61 Å². The van der Waals surface area contributed by atoms with Gasteiger partial charge in [-0.1, -0.05) is 13.8 Å². The van der Waals surface area contributed by atoms with Crippen LogP contribution in [0.15, 0.2) is 0 Å². The molecule has 0 aromatic heterocycles. The number of thioether (sulfide) groups is 1. The van der Waals surface area contributed by atoms with Crippen LogP contribution in [0, 0.1) is 5.92 Å². The third-order valence-corrected chi connectivity index (χ3v) is 5.23. The molecule has 0 rings (SSSR count). The van der Waals surface area contributed by atoms with Crippen molar-refractivity contribution in [1.29, 1.82) is 0 Å². The Labute approximate surface area is 187 Å². The smallest absolute Gasteiger partial charge is 0.326 e. The van der Waals surface area contributed by atoms with E-state index in [-0.39, 0.29) is 18.8 Å². The quantitative estimate of drug-likeness (QED) is 0.132. The van der Waals surface area contributed by atoms with Gasteiger partial charge in [0, 0.05) is 0 Å². The molecule has 0 aromatic rings. The van der Waals surface area contributed by atoms with Gasteiger partial charge in [-0.05, 0) is 50.2 Å². The van der Waals surface area contributed by atoms with E-state index in [0.29, 0.717) is 25.1 Å². The lowest BCUT2D eigenvalue weighted by molar-refractivity contribution is -0.143. The number of hydrogen-bond donors (Lipinski definition) is 7. The number of hydrogen-bond acceptors (Lipinski definition) is 8. The Morgan fingerprint density at radius 1 is 0.935 bits per heavy atom. The van der Waals surface area contributed by atoms with Gasteiger partial charge in [0.2, 0.25) is 17.7 Å². The van der Waals surface area contributed by atoms with Gasteiger partial charge in [0.25, 0.3) is 0 Å². The van der Waals surface area contributed by atoms with Crippen molar-refractivity contribution in [2.75, 3.05) is 25.2 Å². The summed E-state index contributed by atoms with van der Waals surface area (Å²) in [5.74, 6) is -2.84. The molecule has 12 heteroatoms. The molecule has 4 atom stereocenters. The Morgan fingerprint density at radius 2 is 1.48 bits per heavy atom. The summed E-state index contributed by atoms with van der Waals surface area (Å²) in [6.45, 7) is 3.18. The molecule has 0 aliphatic heterocycles. The molecule has 0 spiro atoms. The maximum absolute atomic E-state index is 12.8. The van der Waals surface area contributed by atoms with Crippen molar-refractivity contribution in [2.45, 2.75) is 63.7 Å². The molecule has 0 aliphatic rings. The molecule has 0 heterocycles. The highest BCUT2D eigenvalue weighted by molar-refractivity contribution is 7.98. The summed E-state index contributed by atoms with van der Waals surface area (Å²) in [7, 11) is 0. The number of aliphatic carboxylic acids is 1. The fourth-order valence-electron chi connectivity index (χ4n) is 2.67. The van der Waals surface area contributed by atoms with Gasteiger partial charge in [-0.15, -0.1) is 0 Å². The van der Waals surface area contributed by atoms with E-state index < -0.39 is 54.5 Å². The van der Waals surface area contributed by atoms with Crippen molar-refractivity contribution in [1.82, 2.24) is 16.0 Å². The average molecular weight is 464 g/mol. The Bertz CT molecular complexity index is 592. The van der Waals surface area contributed by atoms with Crippen molar-refractivity contribution in [3.8, 4) is 0 Å². The molecule has 0 aromatic carbocycles. The van der Waals surface area contributed by atoms with Crippen LogP contribution in [0.3, 0.4) is 0 Å². The summed E-state index contributed by atoms with van der Waals surface area (Å²) in [5, 5.41) is 26.0. The van der Waals surface area contributed by atoms with Gasteiger partial charge in [-0.25, -0.2) is 4.79 Å². The standard InChI is InChI=1S/C19H37N5O6S/c1-11(2)15(19(29)30)24-18(28)13(6-4-5-8-20)23-17(27)14(7-9-31-3)22-16(26)12(21)10-25/h11-15,25H,4-10,20-21H2,1-3H3,(H,22,26)(H,23,27)(H,24,28)(H,29,30). The maximum atomic E-state index is 12.8. The summed E-state index contributed by atoms with van der Waals surface area (Å²) in [6.07, 6.45) is 3.57. The van der Waals surface area contributed by atoms with Gasteiger partial charge < -0.3 is 37.6 Å². The third kappa shape index (κ3) is 11.3. The lowest BCUT2D eigenvalue weighted by Crippen LogP contribution is -2.58. The highest BCUT2D eigenvalue weighted by atomic mass is 32.2. The lowest BCUT2D eigenvalue weighted by atomic mass is 10.0. The summed E-state index contributed by atoms with van der Waals surface area (Å²) in [5.41, 5.74) is 11.0. The predicted molar refractivity (Wildman–Crippen MR) is 119 cm³/mol. The first-order valence-electron chi connectivity index (χ1n) is 10.3. The monoisotopic (exact) mass is 463 g/mol. The number of carboxylic acids is 1. The number of aliphatic hydroxyl groups is 1. The van der Waals surface area contributed by atoms with E-state index in [4.69, 9.17) is 16.6 Å². The average Bonchev–Trinajstić information content (AvgIpc) is 2.72. The van der Waals surface area contributed by atoms with Crippen LogP contribution in [0.25, 0.3) is 0 Å². The summed E-state index contributed by atoms with van der Waals surface area (Å²) in [4.78, 5) is 49.0. The van der Waals surface area contributed by atoms with Crippen LogP contribution in [-0.4, -0.2) is 83.2 Å². The molecule has 9 N–H and O–H groups in total. The fourth-order valence-corrected chi connectivity index (χ4v) is 3.14. The van der Waals surface area contributed by atoms with E-state index in [1.54, 1.807) is 13.8 Å². The first kappa shape index (κ1) is 29.1. The molecule has 0 fully saturated rings. The van der Waals surface area contributed by atoms with Gasteiger partial charge in [0.1, 0.15) is 24.2 Å². The van der Waals surface area contributed by atoms with E-state index in [1.165, 1.54) is 11.8 Å². The molecule has 0 aliphatic carbocycles. The largest absolute Gasteiger partial charge is 0.480 e. The SMILES string of the molecule is CSCCC(NC(=O)C(N)CO)C(=O)NC(CCCCN)C(=O)NC(C(=O)O)C(C)C. The fraction of sp³-hybridized carbons (Fsp3) is 0.789. The zero-order chi connectivity index (χ0) is 24.0. The zero-order valence-electron chi connectivity index (χ0n) is 18.4. The van der Waals surface area contributed by atoms with Crippen LogP contribution >= 0.6 is 11.8 Å². The lowest BCUT2D eigenvalue weighted by Gasteiger charge is -2.26. The molecule has 0 saturated carbocycles. The molecule has 180 valence electrons. The number of carboxylic acid groups (broad SMARTS) is 1. The van der Waals surface area contributed by atoms with Crippen molar-refractivity contribution < 1.29 is 29.4 Å². The Hall–Kier alpha value is -1.89. The Morgan fingerprint density at radius 3 is 1.97 bits per heavy atom. The Balaban J connectivity index is 5.40. The predicted octanol–water partition coefficient (Wildman–Crippen LogP) is -1.62. The number of nitrogens with one attached hydrogen (secondary N) is 3. The topological polar surface area (TPSA) is 197 Å². The molecular formula is C19H37N5O6S. The minimum Gasteiger partial charge on any atom is -0.480 e. The summed E-state index contributed by atoms with van der Waals surface area (Å²) in [6, 6.07) is -4.21. The number of aliphatic hydroxyl groups excluding tert-OH is 1. The Kier molecular flexibility index (Phi) is 14.9. The minimum atomic E-state index is -1.17. The second kappa shape index (κ2) is 15.8. The normalized spacial score (nSPS) is 14.9. The van der Waals surface area contributed by atoms with Crippen molar-refractivity contribution in [3.63, 3.8) is 0 Å². The molecular weight excluding hydrogens is 426 g/mol. The van der Waals surface area contributed by atoms with E-state index in [2.05, 4.69) is 16.0 Å². The minimum absolute atomic E-state index is 0.262. The number of amides is 3. The number of carbonyl (C=O) groups is 4. The van der Waals surface area contributed by atoms with Crippen molar-refractivity contribution in [2.24, 2.45) is 17.4 Å². The van der Waals surface area contributed by atoms with Crippen LogP contribution in [0.5, 0.6) is 0 Å².